The van der Waals surface area contributed by atoms with Crippen LogP contribution < -0.4 is 10.8 Å². The van der Waals surface area contributed by atoms with Crippen molar-refractivity contribution in [3.63, 3.8) is 0 Å². The van der Waals surface area contributed by atoms with E-state index in [2.05, 4.69) is 5.32 Å². The predicted molar refractivity (Wildman–Crippen MR) is 93.2 cm³/mol. The fraction of sp³-hybridized carbons (Fsp3) is 0.222. The SMILES string of the molecule is CC(C(=O)Nc1ccc2c(c1)SC(C(=O)NO)C2)c1ccccc1. The van der Waals surface area contributed by atoms with E-state index >= 15 is 0 Å². The summed E-state index contributed by atoms with van der Waals surface area (Å²) in [5.41, 5.74) is 4.41. The maximum absolute atomic E-state index is 12.4. The molecule has 2 aromatic carbocycles. The van der Waals surface area contributed by atoms with Gasteiger partial charge >= 0.3 is 0 Å². The number of carbonyl (C=O) groups is 2. The molecule has 3 N–H and O–H groups in total. The van der Waals surface area contributed by atoms with Gasteiger partial charge in [-0.3, -0.25) is 14.8 Å². The number of anilines is 1. The molecule has 2 atom stereocenters. The number of hydrogen-bond acceptors (Lipinski definition) is 4. The van der Waals surface area contributed by atoms with E-state index in [-0.39, 0.29) is 17.1 Å². The summed E-state index contributed by atoms with van der Waals surface area (Å²) in [6.45, 7) is 1.87. The molecule has 5 nitrogen and oxygen atoms in total. The molecule has 0 aromatic heterocycles. The van der Waals surface area contributed by atoms with Crippen molar-refractivity contribution in [3.05, 3.63) is 59.7 Å². The molecule has 24 heavy (non-hydrogen) atoms. The standard InChI is InChI=1S/C18H18N2O3S/c1-11(12-5-3-2-4-6-12)17(21)19-14-8-7-13-9-16(18(22)20-23)24-15(13)10-14/h2-8,10-11,16,23H,9H2,1H3,(H,19,21)(H,20,22). The first-order valence-corrected chi connectivity index (χ1v) is 8.56. The van der Waals surface area contributed by atoms with Crippen LogP contribution in [-0.2, 0) is 16.0 Å². The molecule has 1 heterocycles. The van der Waals surface area contributed by atoms with Gasteiger partial charge in [0.05, 0.1) is 11.2 Å². The summed E-state index contributed by atoms with van der Waals surface area (Å²) < 4.78 is 0. The summed E-state index contributed by atoms with van der Waals surface area (Å²) in [4.78, 5) is 24.9. The number of hydrogen-bond donors (Lipinski definition) is 3. The predicted octanol–water partition coefficient (Wildman–Crippen LogP) is 2.95. The lowest BCUT2D eigenvalue weighted by molar-refractivity contribution is -0.128. The van der Waals surface area contributed by atoms with Crippen LogP contribution in [-0.4, -0.2) is 22.3 Å². The Hall–Kier alpha value is -2.31. The van der Waals surface area contributed by atoms with E-state index in [0.717, 1.165) is 16.0 Å². The van der Waals surface area contributed by atoms with Crippen LogP contribution in [0.2, 0.25) is 0 Å². The van der Waals surface area contributed by atoms with Gasteiger partial charge in [0.2, 0.25) is 5.91 Å². The quantitative estimate of drug-likeness (QED) is 0.590. The number of rotatable bonds is 4. The van der Waals surface area contributed by atoms with E-state index in [4.69, 9.17) is 5.21 Å². The van der Waals surface area contributed by atoms with Crippen LogP contribution in [0.1, 0.15) is 24.0 Å². The second kappa shape index (κ2) is 7.07. The second-order valence-electron chi connectivity index (χ2n) is 5.73. The number of thioether (sulfide) groups is 1. The number of benzene rings is 2. The lowest BCUT2D eigenvalue weighted by atomic mass is 10.0. The van der Waals surface area contributed by atoms with E-state index in [9.17, 15) is 9.59 Å². The first-order valence-electron chi connectivity index (χ1n) is 7.68. The molecule has 124 valence electrons. The van der Waals surface area contributed by atoms with Crippen LogP contribution in [0.5, 0.6) is 0 Å². The Balaban J connectivity index is 1.70. The summed E-state index contributed by atoms with van der Waals surface area (Å²) in [6.07, 6.45) is 0.570. The Morgan fingerprint density at radius 2 is 1.96 bits per heavy atom. The Labute approximate surface area is 144 Å². The van der Waals surface area contributed by atoms with Gasteiger partial charge in [-0.25, -0.2) is 5.48 Å². The van der Waals surface area contributed by atoms with Crippen LogP contribution in [0.3, 0.4) is 0 Å². The Kier molecular flexibility index (Phi) is 4.87. The Bertz CT molecular complexity index is 764. The smallest absolute Gasteiger partial charge is 0.257 e. The Morgan fingerprint density at radius 1 is 1.21 bits per heavy atom. The highest BCUT2D eigenvalue weighted by atomic mass is 32.2. The Morgan fingerprint density at radius 3 is 2.67 bits per heavy atom. The molecule has 0 bridgehead atoms. The molecule has 3 rings (SSSR count). The minimum atomic E-state index is -0.403. The number of carbonyl (C=O) groups excluding carboxylic acids is 2. The monoisotopic (exact) mass is 342 g/mol. The van der Waals surface area contributed by atoms with Crippen molar-refractivity contribution in [2.24, 2.45) is 0 Å². The largest absolute Gasteiger partial charge is 0.326 e. The summed E-state index contributed by atoms with van der Waals surface area (Å²) >= 11 is 1.39. The molecule has 0 saturated carbocycles. The van der Waals surface area contributed by atoms with Gasteiger partial charge in [0.1, 0.15) is 0 Å². The molecule has 2 amide bonds. The fourth-order valence-corrected chi connectivity index (χ4v) is 3.89. The molecular formula is C18H18N2O3S. The first kappa shape index (κ1) is 16.5. The van der Waals surface area contributed by atoms with Crippen molar-refractivity contribution >= 4 is 29.3 Å². The van der Waals surface area contributed by atoms with Gasteiger partial charge in [0, 0.05) is 10.6 Å². The van der Waals surface area contributed by atoms with Gasteiger partial charge in [-0.1, -0.05) is 36.4 Å². The summed E-state index contributed by atoms with van der Waals surface area (Å²) in [6, 6.07) is 15.2. The number of fused-ring (bicyclic) bond motifs is 1. The van der Waals surface area contributed by atoms with Crippen molar-refractivity contribution < 1.29 is 14.8 Å². The number of amides is 2. The highest BCUT2D eigenvalue weighted by Crippen LogP contribution is 2.38. The summed E-state index contributed by atoms with van der Waals surface area (Å²) in [5, 5.41) is 11.3. The van der Waals surface area contributed by atoms with Crippen molar-refractivity contribution in [1.82, 2.24) is 5.48 Å². The average Bonchev–Trinajstić information content (AvgIpc) is 3.04. The third-order valence-corrected chi connectivity index (χ3v) is 5.40. The topological polar surface area (TPSA) is 78.4 Å². The highest BCUT2D eigenvalue weighted by Gasteiger charge is 2.28. The molecule has 2 aromatic rings. The highest BCUT2D eigenvalue weighted by molar-refractivity contribution is 8.01. The number of nitrogens with one attached hydrogen (secondary N) is 2. The molecule has 1 aliphatic rings. The van der Waals surface area contributed by atoms with Crippen LogP contribution in [0.15, 0.2) is 53.4 Å². The number of hydroxylamine groups is 1. The van der Waals surface area contributed by atoms with E-state index in [0.29, 0.717) is 12.1 Å². The van der Waals surface area contributed by atoms with Crippen LogP contribution in [0.25, 0.3) is 0 Å². The zero-order valence-electron chi connectivity index (χ0n) is 13.2. The minimum absolute atomic E-state index is 0.0752. The van der Waals surface area contributed by atoms with E-state index in [1.54, 1.807) is 5.48 Å². The fourth-order valence-electron chi connectivity index (χ4n) is 2.67. The summed E-state index contributed by atoms with van der Waals surface area (Å²) in [5.74, 6) is -0.728. The van der Waals surface area contributed by atoms with Crippen molar-refractivity contribution in [3.8, 4) is 0 Å². The van der Waals surface area contributed by atoms with Crippen molar-refractivity contribution in [2.75, 3.05) is 5.32 Å². The van der Waals surface area contributed by atoms with Gasteiger partial charge in [-0.15, -0.1) is 11.8 Å². The third kappa shape index (κ3) is 3.44. The van der Waals surface area contributed by atoms with Crippen molar-refractivity contribution in [2.45, 2.75) is 29.4 Å². The van der Waals surface area contributed by atoms with E-state index < -0.39 is 5.91 Å². The molecule has 0 spiro atoms. The molecule has 0 fully saturated rings. The maximum atomic E-state index is 12.4. The van der Waals surface area contributed by atoms with Gasteiger partial charge in [-0.05, 0) is 36.6 Å². The molecule has 0 saturated heterocycles. The van der Waals surface area contributed by atoms with Gasteiger partial charge in [0.25, 0.3) is 5.91 Å². The normalized spacial score (nSPS) is 17.0. The van der Waals surface area contributed by atoms with Gasteiger partial charge in [0.15, 0.2) is 0 Å². The van der Waals surface area contributed by atoms with Crippen LogP contribution in [0.4, 0.5) is 5.69 Å². The van der Waals surface area contributed by atoms with Crippen LogP contribution >= 0.6 is 11.8 Å². The lowest BCUT2D eigenvalue weighted by Gasteiger charge is -2.13. The molecule has 6 heteroatoms. The zero-order chi connectivity index (χ0) is 17.1. The molecule has 2 unspecified atom stereocenters. The molecule has 0 aliphatic carbocycles. The third-order valence-electron chi connectivity index (χ3n) is 4.10. The molecule has 1 aliphatic heterocycles. The maximum Gasteiger partial charge on any atom is 0.257 e. The van der Waals surface area contributed by atoms with Crippen molar-refractivity contribution in [1.29, 1.82) is 0 Å². The lowest BCUT2D eigenvalue weighted by Crippen LogP contribution is -2.29. The summed E-state index contributed by atoms with van der Waals surface area (Å²) in [7, 11) is 0. The average molecular weight is 342 g/mol. The molecule has 0 radical (unpaired) electrons. The minimum Gasteiger partial charge on any atom is -0.326 e. The van der Waals surface area contributed by atoms with Crippen LogP contribution in [0, 0.1) is 0 Å². The van der Waals surface area contributed by atoms with E-state index in [1.807, 2.05) is 55.5 Å². The van der Waals surface area contributed by atoms with E-state index in [1.165, 1.54) is 11.8 Å². The van der Waals surface area contributed by atoms with Gasteiger partial charge < -0.3 is 5.32 Å². The zero-order valence-corrected chi connectivity index (χ0v) is 14.0. The van der Waals surface area contributed by atoms with Gasteiger partial charge in [-0.2, -0.15) is 0 Å². The first-order chi connectivity index (χ1) is 11.6. The second-order valence-corrected chi connectivity index (χ2v) is 6.98. The molecular weight excluding hydrogens is 324 g/mol.